The molecule has 20 heavy (non-hydrogen) atoms. The van der Waals surface area contributed by atoms with Gasteiger partial charge >= 0.3 is 5.97 Å². The van der Waals surface area contributed by atoms with Crippen molar-refractivity contribution in [2.45, 2.75) is 6.54 Å². The van der Waals surface area contributed by atoms with Gasteiger partial charge in [-0.15, -0.1) is 11.3 Å². The third kappa shape index (κ3) is 4.54. The van der Waals surface area contributed by atoms with Crippen LogP contribution in [0.25, 0.3) is 0 Å². The van der Waals surface area contributed by atoms with E-state index < -0.39 is 5.97 Å². The molecule has 0 radical (unpaired) electrons. The molecule has 1 aromatic heterocycles. The standard InChI is InChI=1S/C14H14BrNO3S/c1-18-14(17)9-19-11-4-2-10(3-5-11)16-8-12-6-7-13(15)20-12/h2-7,16H,8-9H2,1H3. The summed E-state index contributed by atoms with van der Waals surface area (Å²) in [6, 6.07) is 11.6. The Morgan fingerprint density at radius 2 is 2.00 bits per heavy atom. The molecule has 4 nitrogen and oxygen atoms in total. The van der Waals surface area contributed by atoms with Gasteiger partial charge < -0.3 is 14.8 Å². The maximum atomic E-state index is 11.0. The Kier molecular flexibility index (Phi) is 5.43. The number of thiophene rings is 1. The van der Waals surface area contributed by atoms with Crippen molar-refractivity contribution in [1.82, 2.24) is 0 Å². The number of halogens is 1. The molecular weight excluding hydrogens is 342 g/mol. The summed E-state index contributed by atoms with van der Waals surface area (Å²) in [7, 11) is 1.33. The van der Waals surface area contributed by atoms with Crippen LogP contribution in [-0.2, 0) is 16.1 Å². The normalized spacial score (nSPS) is 10.1. The molecule has 1 aromatic carbocycles. The summed E-state index contributed by atoms with van der Waals surface area (Å²) in [6.45, 7) is 0.700. The molecular formula is C14H14BrNO3S. The quantitative estimate of drug-likeness (QED) is 0.803. The summed E-state index contributed by atoms with van der Waals surface area (Å²) in [5.41, 5.74) is 1.000. The number of carbonyl (C=O) groups is 1. The highest BCUT2D eigenvalue weighted by atomic mass is 79.9. The van der Waals surface area contributed by atoms with Gasteiger partial charge in [-0.25, -0.2) is 4.79 Å². The molecule has 0 saturated heterocycles. The van der Waals surface area contributed by atoms with E-state index in [1.807, 2.05) is 30.3 Å². The van der Waals surface area contributed by atoms with E-state index in [1.165, 1.54) is 12.0 Å². The van der Waals surface area contributed by atoms with Gasteiger partial charge in [-0.3, -0.25) is 0 Å². The second kappa shape index (κ2) is 7.31. The third-order valence-corrected chi connectivity index (χ3v) is 4.16. The lowest BCUT2D eigenvalue weighted by Gasteiger charge is -2.07. The van der Waals surface area contributed by atoms with Gasteiger partial charge in [-0.05, 0) is 52.3 Å². The summed E-state index contributed by atoms with van der Waals surface area (Å²) in [5.74, 6) is 0.246. The van der Waals surface area contributed by atoms with Crippen molar-refractivity contribution in [2.75, 3.05) is 19.0 Å². The van der Waals surface area contributed by atoms with E-state index in [2.05, 4.69) is 32.0 Å². The van der Waals surface area contributed by atoms with Crippen molar-refractivity contribution < 1.29 is 14.3 Å². The Balaban J connectivity index is 1.83. The first-order valence-electron chi connectivity index (χ1n) is 5.95. The number of esters is 1. The van der Waals surface area contributed by atoms with E-state index in [1.54, 1.807) is 11.3 Å². The largest absolute Gasteiger partial charge is 0.482 e. The van der Waals surface area contributed by atoms with E-state index in [-0.39, 0.29) is 6.61 Å². The molecule has 6 heteroatoms. The highest BCUT2D eigenvalue weighted by Crippen LogP contribution is 2.23. The van der Waals surface area contributed by atoms with Crippen molar-refractivity contribution in [3.63, 3.8) is 0 Å². The number of hydrogen-bond acceptors (Lipinski definition) is 5. The van der Waals surface area contributed by atoms with Gasteiger partial charge in [-0.1, -0.05) is 0 Å². The zero-order valence-corrected chi connectivity index (χ0v) is 13.3. The summed E-state index contributed by atoms with van der Waals surface area (Å²) in [4.78, 5) is 12.2. The van der Waals surface area contributed by atoms with Crippen molar-refractivity contribution in [3.05, 3.63) is 45.1 Å². The van der Waals surface area contributed by atoms with Gasteiger partial charge in [0.2, 0.25) is 0 Å². The number of methoxy groups -OCH3 is 1. The molecule has 0 aliphatic rings. The van der Waals surface area contributed by atoms with Crippen LogP contribution in [0.2, 0.25) is 0 Å². The van der Waals surface area contributed by atoms with Crippen molar-refractivity contribution in [3.8, 4) is 5.75 Å². The maximum absolute atomic E-state index is 11.0. The molecule has 0 bridgehead atoms. The number of ether oxygens (including phenoxy) is 2. The van der Waals surface area contributed by atoms with Gasteiger partial charge in [0.1, 0.15) is 5.75 Å². The van der Waals surface area contributed by atoms with Crippen molar-refractivity contribution >= 4 is 38.9 Å². The van der Waals surface area contributed by atoms with Crippen molar-refractivity contribution in [1.29, 1.82) is 0 Å². The smallest absolute Gasteiger partial charge is 0.343 e. The molecule has 0 aliphatic heterocycles. The van der Waals surface area contributed by atoms with Gasteiger partial charge in [0.25, 0.3) is 0 Å². The van der Waals surface area contributed by atoms with E-state index in [0.717, 1.165) is 16.0 Å². The minimum Gasteiger partial charge on any atom is -0.482 e. The molecule has 1 heterocycles. The number of carbonyl (C=O) groups excluding carboxylic acids is 1. The Bertz CT molecular complexity index is 568. The molecule has 0 aliphatic carbocycles. The van der Waals surface area contributed by atoms with E-state index in [0.29, 0.717) is 5.75 Å². The zero-order valence-electron chi connectivity index (χ0n) is 10.9. The Morgan fingerprint density at radius 3 is 2.60 bits per heavy atom. The number of rotatable bonds is 6. The first-order valence-corrected chi connectivity index (χ1v) is 7.56. The van der Waals surface area contributed by atoms with Crippen LogP contribution in [-0.4, -0.2) is 19.7 Å². The summed E-state index contributed by atoms with van der Waals surface area (Å²) < 4.78 is 10.9. The summed E-state index contributed by atoms with van der Waals surface area (Å²) in [5, 5.41) is 3.32. The fraction of sp³-hybridized carbons (Fsp3) is 0.214. The van der Waals surface area contributed by atoms with E-state index in [9.17, 15) is 4.79 Å². The fourth-order valence-electron chi connectivity index (χ4n) is 1.51. The number of anilines is 1. The fourth-order valence-corrected chi connectivity index (χ4v) is 2.93. The lowest BCUT2D eigenvalue weighted by molar-refractivity contribution is -0.142. The Morgan fingerprint density at radius 1 is 1.25 bits per heavy atom. The minimum atomic E-state index is -0.393. The van der Waals surface area contributed by atoms with Crippen LogP contribution >= 0.6 is 27.3 Å². The zero-order chi connectivity index (χ0) is 14.4. The van der Waals surface area contributed by atoms with Crippen molar-refractivity contribution in [2.24, 2.45) is 0 Å². The molecule has 106 valence electrons. The molecule has 0 spiro atoms. The van der Waals surface area contributed by atoms with Crippen LogP contribution in [0.15, 0.2) is 40.2 Å². The van der Waals surface area contributed by atoms with Gasteiger partial charge in [-0.2, -0.15) is 0 Å². The molecule has 0 saturated carbocycles. The topological polar surface area (TPSA) is 47.6 Å². The first-order chi connectivity index (χ1) is 9.67. The Hall–Kier alpha value is -1.53. The predicted octanol–water partition coefficient (Wildman–Crippen LogP) is 3.67. The van der Waals surface area contributed by atoms with Crippen LogP contribution in [0.3, 0.4) is 0 Å². The molecule has 1 N–H and O–H groups in total. The predicted molar refractivity (Wildman–Crippen MR) is 83.3 cm³/mol. The molecule has 2 rings (SSSR count). The van der Waals surface area contributed by atoms with Crippen LogP contribution in [0.1, 0.15) is 4.88 Å². The lowest BCUT2D eigenvalue weighted by atomic mass is 10.3. The minimum absolute atomic E-state index is 0.0769. The second-order valence-corrected chi connectivity index (χ2v) is 6.50. The molecule has 0 unspecified atom stereocenters. The van der Waals surface area contributed by atoms with Gasteiger partial charge in [0.05, 0.1) is 10.9 Å². The van der Waals surface area contributed by atoms with Crippen LogP contribution in [0, 0.1) is 0 Å². The molecule has 0 amide bonds. The van der Waals surface area contributed by atoms with Crippen LogP contribution < -0.4 is 10.1 Å². The van der Waals surface area contributed by atoms with Crippen LogP contribution in [0.5, 0.6) is 5.75 Å². The lowest BCUT2D eigenvalue weighted by Crippen LogP contribution is -2.12. The average molecular weight is 356 g/mol. The maximum Gasteiger partial charge on any atom is 0.343 e. The first kappa shape index (κ1) is 14.9. The third-order valence-electron chi connectivity index (χ3n) is 2.53. The highest BCUT2D eigenvalue weighted by molar-refractivity contribution is 9.11. The average Bonchev–Trinajstić information content (AvgIpc) is 2.89. The number of benzene rings is 1. The number of nitrogens with one attached hydrogen (secondary N) is 1. The molecule has 0 atom stereocenters. The SMILES string of the molecule is COC(=O)COc1ccc(NCc2ccc(Br)s2)cc1. The van der Waals surface area contributed by atoms with E-state index >= 15 is 0 Å². The monoisotopic (exact) mass is 355 g/mol. The van der Waals surface area contributed by atoms with E-state index in [4.69, 9.17) is 4.74 Å². The molecule has 0 fully saturated rings. The van der Waals surface area contributed by atoms with Gasteiger partial charge in [0.15, 0.2) is 6.61 Å². The van der Waals surface area contributed by atoms with Crippen LogP contribution in [0.4, 0.5) is 5.69 Å². The van der Waals surface area contributed by atoms with Gasteiger partial charge in [0, 0.05) is 17.1 Å². The highest BCUT2D eigenvalue weighted by Gasteiger charge is 2.02. The Labute approximate surface area is 129 Å². The number of hydrogen-bond donors (Lipinski definition) is 1. The second-order valence-electron chi connectivity index (χ2n) is 3.95. The molecule has 2 aromatic rings. The summed E-state index contributed by atoms with van der Waals surface area (Å²) >= 11 is 5.14. The summed E-state index contributed by atoms with van der Waals surface area (Å²) in [6.07, 6.45) is 0.